The van der Waals surface area contributed by atoms with Crippen LogP contribution in [-0.2, 0) is 4.79 Å². The Balaban J connectivity index is 1.62. The Morgan fingerprint density at radius 3 is 2.60 bits per heavy atom. The van der Waals surface area contributed by atoms with E-state index in [0.717, 1.165) is 26.1 Å². The van der Waals surface area contributed by atoms with Crippen molar-refractivity contribution in [3.05, 3.63) is 35.9 Å². The van der Waals surface area contributed by atoms with Crippen LogP contribution in [0.25, 0.3) is 0 Å². The van der Waals surface area contributed by atoms with E-state index in [9.17, 15) is 4.79 Å². The molecular weight excluding hydrogens is 248 g/mol. The van der Waals surface area contributed by atoms with Gasteiger partial charge in [0.25, 0.3) is 0 Å². The van der Waals surface area contributed by atoms with E-state index in [4.69, 9.17) is 0 Å². The van der Waals surface area contributed by atoms with Crippen LogP contribution in [0.4, 0.5) is 0 Å². The number of benzene rings is 1. The summed E-state index contributed by atoms with van der Waals surface area (Å²) in [5.41, 5.74) is 1.38. The fraction of sp³-hybridized carbons (Fsp3) is 0.588. The van der Waals surface area contributed by atoms with Crippen molar-refractivity contribution in [3.8, 4) is 0 Å². The Hall–Kier alpha value is -1.35. The van der Waals surface area contributed by atoms with Gasteiger partial charge in [-0.25, -0.2) is 0 Å². The third kappa shape index (κ3) is 3.04. The number of rotatable bonds is 4. The van der Waals surface area contributed by atoms with Crippen LogP contribution in [0, 0.1) is 5.92 Å². The van der Waals surface area contributed by atoms with Gasteiger partial charge in [-0.15, -0.1) is 0 Å². The van der Waals surface area contributed by atoms with E-state index in [1.807, 2.05) is 0 Å². The fourth-order valence-corrected chi connectivity index (χ4v) is 3.42. The van der Waals surface area contributed by atoms with Gasteiger partial charge in [-0.2, -0.15) is 0 Å². The molecule has 0 radical (unpaired) electrons. The zero-order valence-electron chi connectivity index (χ0n) is 12.2. The van der Waals surface area contributed by atoms with E-state index >= 15 is 0 Å². The molecule has 2 fully saturated rings. The van der Waals surface area contributed by atoms with E-state index < -0.39 is 0 Å². The lowest BCUT2D eigenvalue weighted by molar-refractivity contribution is -0.130. The maximum Gasteiger partial charge on any atom is 0.219 e. The Morgan fingerprint density at radius 2 is 1.95 bits per heavy atom. The third-order valence-electron chi connectivity index (χ3n) is 4.70. The van der Waals surface area contributed by atoms with Crippen molar-refractivity contribution in [2.24, 2.45) is 5.92 Å². The van der Waals surface area contributed by atoms with Crippen LogP contribution in [0.1, 0.15) is 37.7 Å². The number of piperidine rings is 1. The number of carbonyl (C=O) groups excluding carboxylic acids is 1. The maximum absolute atomic E-state index is 12.0. The highest BCUT2D eigenvalue weighted by atomic mass is 16.2. The van der Waals surface area contributed by atoms with E-state index in [1.54, 1.807) is 6.92 Å². The van der Waals surface area contributed by atoms with Gasteiger partial charge in [0, 0.05) is 25.4 Å². The lowest BCUT2D eigenvalue weighted by Gasteiger charge is -2.30. The van der Waals surface area contributed by atoms with Crippen LogP contribution in [-0.4, -0.2) is 36.5 Å². The average molecular weight is 272 g/mol. The van der Waals surface area contributed by atoms with E-state index in [1.165, 1.54) is 18.4 Å². The first-order valence-corrected chi connectivity index (χ1v) is 7.78. The summed E-state index contributed by atoms with van der Waals surface area (Å²) in [7, 11) is 0. The molecule has 1 aromatic rings. The summed E-state index contributed by atoms with van der Waals surface area (Å²) in [4.78, 5) is 14.1. The smallest absolute Gasteiger partial charge is 0.219 e. The third-order valence-corrected chi connectivity index (χ3v) is 4.70. The molecule has 0 aromatic heterocycles. The highest BCUT2D eigenvalue weighted by molar-refractivity contribution is 5.74. The van der Waals surface area contributed by atoms with Crippen molar-refractivity contribution in [1.29, 1.82) is 0 Å². The van der Waals surface area contributed by atoms with Gasteiger partial charge in [-0.3, -0.25) is 4.79 Å². The molecule has 1 N–H and O–H groups in total. The van der Waals surface area contributed by atoms with Crippen LogP contribution in [0.2, 0.25) is 0 Å². The maximum atomic E-state index is 12.0. The average Bonchev–Trinajstić information content (AvgIpc) is 3.27. The molecule has 3 rings (SSSR count). The molecule has 1 amide bonds. The molecule has 108 valence electrons. The summed E-state index contributed by atoms with van der Waals surface area (Å²) in [6, 6.07) is 11.1. The monoisotopic (exact) mass is 272 g/mol. The van der Waals surface area contributed by atoms with Crippen molar-refractivity contribution >= 4 is 5.91 Å². The predicted octanol–water partition coefficient (Wildman–Crippen LogP) is 2.39. The van der Waals surface area contributed by atoms with Crippen LogP contribution < -0.4 is 5.32 Å². The first-order chi connectivity index (χ1) is 9.75. The van der Waals surface area contributed by atoms with Gasteiger partial charge in [0.05, 0.1) is 0 Å². The molecule has 0 bridgehead atoms. The normalized spacial score (nSPS) is 26.2. The predicted molar refractivity (Wildman–Crippen MR) is 80.6 cm³/mol. The largest absolute Gasteiger partial charge is 0.339 e. The van der Waals surface area contributed by atoms with Gasteiger partial charge >= 0.3 is 0 Å². The zero-order valence-corrected chi connectivity index (χ0v) is 12.2. The van der Waals surface area contributed by atoms with Gasteiger partial charge in [-0.05, 0) is 43.8 Å². The van der Waals surface area contributed by atoms with Crippen molar-refractivity contribution < 1.29 is 4.79 Å². The molecule has 3 nitrogen and oxygen atoms in total. The van der Waals surface area contributed by atoms with Crippen molar-refractivity contribution in [2.75, 3.05) is 19.6 Å². The van der Waals surface area contributed by atoms with Gasteiger partial charge in [-0.1, -0.05) is 30.3 Å². The molecular formula is C17H24N2O. The Morgan fingerprint density at radius 1 is 1.25 bits per heavy atom. The second-order valence-electron chi connectivity index (χ2n) is 6.18. The Kier molecular flexibility index (Phi) is 4.06. The van der Waals surface area contributed by atoms with Crippen LogP contribution >= 0.6 is 0 Å². The van der Waals surface area contributed by atoms with Gasteiger partial charge in [0.2, 0.25) is 5.91 Å². The quantitative estimate of drug-likeness (QED) is 0.913. The molecule has 0 spiro atoms. The summed E-state index contributed by atoms with van der Waals surface area (Å²) in [6.45, 7) is 4.87. The van der Waals surface area contributed by atoms with Gasteiger partial charge < -0.3 is 10.2 Å². The molecule has 1 aliphatic carbocycles. The van der Waals surface area contributed by atoms with E-state index in [-0.39, 0.29) is 5.91 Å². The minimum Gasteiger partial charge on any atom is -0.339 e. The number of nitrogens with one attached hydrogen (secondary N) is 1. The molecule has 2 atom stereocenters. The van der Waals surface area contributed by atoms with Crippen LogP contribution in [0.15, 0.2) is 30.3 Å². The minimum atomic E-state index is 0.243. The second kappa shape index (κ2) is 5.96. The first kappa shape index (κ1) is 13.6. The highest BCUT2D eigenvalue weighted by Crippen LogP contribution is 2.45. The Labute approximate surface area is 121 Å². The lowest BCUT2D eigenvalue weighted by Crippen LogP contribution is -2.40. The molecule has 1 aliphatic heterocycles. The van der Waals surface area contributed by atoms with Crippen LogP contribution in [0.5, 0.6) is 0 Å². The molecule has 1 aromatic carbocycles. The van der Waals surface area contributed by atoms with E-state index in [2.05, 4.69) is 40.5 Å². The molecule has 20 heavy (non-hydrogen) atoms. The SMILES string of the molecule is CC(=O)N(CC1CCNCC1)C1CC1c1ccccc1. The van der Waals surface area contributed by atoms with Crippen molar-refractivity contribution in [1.82, 2.24) is 10.2 Å². The topological polar surface area (TPSA) is 32.3 Å². The number of amides is 1. The number of hydrogen-bond acceptors (Lipinski definition) is 2. The summed E-state index contributed by atoms with van der Waals surface area (Å²) in [5, 5.41) is 3.39. The summed E-state index contributed by atoms with van der Waals surface area (Å²) in [5.74, 6) is 1.48. The first-order valence-electron chi connectivity index (χ1n) is 7.78. The zero-order chi connectivity index (χ0) is 13.9. The molecule has 1 heterocycles. The lowest BCUT2D eigenvalue weighted by atomic mass is 9.97. The van der Waals surface area contributed by atoms with Crippen molar-refractivity contribution in [2.45, 2.75) is 38.1 Å². The number of hydrogen-bond donors (Lipinski definition) is 1. The van der Waals surface area contributed by atoms with Gasteiger partial charge in [0.1, 0.15) is 0 Å². The summed E-state index contributed by atoms with van der Waals surface area (Å²) < 4.78 is 0. The number of carbonyl (C=O) groups is 1. The molecule has 1 saturated carbocycles. The fourth-order valence-electron chi connectivity index (χ4n) is 3.42. The van der Waals surface area contributed by atoms with Gasteiger partial charge in [0.15, 0.2) is 0 Å². The standard InChI is InChI=1S/C17H24N2O/c1-13(20)19(12-14-7-9-18-10-8-14)17-11-16(17)15-5-3-2-4-6-15/h2-6,14,16-18H,7-12H2,1H3. The second-order valence-corrected chi connectivity index (χ2v) is 6.18. The number of nitrogens with zero attached hydrogens (tertiary/aromatic N) is 1. The molecule has 3 heteroatoms. The molecule has 1 saturated heterocycles. The molecule has 2 unspecified atom stereocenters. The Bertz CT molecular complexity index is 453. The van der Waals surface area contributed by atoms with E-state index in [0.29, 0.717) is 17.9 Å². The summed E-state index contributed by atoms with van der Waals surface area (Å²) >= 11 is 0. The van der Waals surface area contributed by atoms with Crippen molar-refractivity contribution in [3.63, 3.8) is 0 Å². The molecule has 2 aliphatic rings. The van der Waals surface area contributed by atoms with Crippen LogP contribution in [0.3, 0.4) is 0 Å². The highest BCUT2D eigenvalue weighted by Gasteiger charge is 2.44. The minimum absolute atomic E-state index is 0.243. The summed E-state index contributed by atoms with van der Waals surface area (Å²) in [6.07, 6.45) is 3.54.